The van der Waals surface area contributed by atoms with Gasteiger partial charge >= 0.3 is 6.03 Å². The average Bonchev–Trinajstić information content (AvgIpc) is 2.32. The Kier molecular flexibility index (Phi) is 6.06. The van der Waals surface area contributed by atoms with Gasteiger partial charge in [0.2, 0.25) is 0 Å². The Morgan fingerprint density at radius 1 is 1.29 bits per heavy atom. The van der Waals surface area contributed by atoms with E-state index in [2.05, 4.69) is 10.6 Å². The minimum Gasteiger partial charge on any atom is -0.382 e. The number of benzene rings is 1. The van der Waals surface area contributed by atoms with Crippen LogP contribution < -0.4 is 10.6 Å². The first kappa shape index (κ1) is 13.5. The summed E-state index contributed by atoms with van der Waals surface area (Å²) >= 11 is 0. The smallest absolute Gasteiger partial charge is 0.321 e. The molecule has 0 fully saturated rings. The first-order valence-corrected chi connectivity index (χ1v) is 5.41. The molecular weight excluding hydrogens is 220 g/mol. The molecule has 94 valence electrons. The highest BCUT2D eigenvalue weighted by Crippen LogP contribution is 2.12. The quantitative estimate of drug-likeness (QED) is 0.586. The van der Waals surface area contributed by atoms with E-state index in [0.29, 0.717) is 13.2 Å². The molecule has 0 atom stereocenters. The Bertz CT molecular complexity index is 355. The maximum absolute atomic E-state index is 11.5. The van der Waals surface area contributed by atoms with Crippen molar-refractivity contribution < 1.29 is 14.3 Å². The predicted octanol–water partition coefficient (Wildman–Crippen LogP) is 1.74. The second-order valence-corrected chi connectivity index (χ2v) is 3.49. The average molecular weight is 238 g/mol. The van der Waals surface area contributed by atoms with E-state index in [1.54, 1.807) is 7.11 Å². The van der Waals surface area contributed by atoms with E-state index in [1.807, 2.05) is 31.2 Å². The number of nitrogens with one attached hydrogen (secondary N) is 2. The molecule has 0 saturated heterocycles. The van der Waals surface area contributed by atoms with Gasteiger partial charge in [0.05, 0.1) is 13.2 Å². The number of hydrogen-bond acceptors (Lipinski definition) is 3. The van der Waals surface area contributed by atoms with E-state index < -0.39 is 0 Å². The van der Waals surface area contributed by atoms with E-state index in [4.69, 9.17) is 9.47 Å². The molecule has 0 heterocycles. The van der Waals surface area contributed by atoms with Crippen LogP contribution in [0.15, 0.2) is 24.3 Å². The summed E-state index contributed by atoms with van der Waals surface area (Å²) in [6.07, 6.45) is 0. The highest BCUT2D eigenvalue weighted by Gasteiger charge is 2.02. The molecule has 0 unspecified atom stereocenters. The van der Waals surface area contributed by atoms with Crippen LogP contribution in [-0.2, 0) is 9.47 Å². The molecule has 0 aliphatic carbocycles. The van der Waals surface area contributed by atoms with E-state index in [0.717, 1.165) is 11.3 Å². The zero-order valence-electron chi connectivity index (χ0n) is 10.2. The van der Waals surface area contributed by atoms with E-state index in [9.17, 15) is 4.79 Å². The van der Waals surface area contributed by atoms with Crippen molar-refractivity contribution in [3.05, 3.63) is 29.8 Å². The van der Waals surface area contributed by atoms with Gasteiger partial charge in [0, 0.05) is 12.8 Å². The first-order valence-electron chi connectivity index (χ1n) is 5.41. The molecule has 0 aliphatic rings. The molecule has 0 spiro atoms. The number of methoxy groups -OCH3 is 1. The zero-order valence-corrected chi connectivity index (χ0v) is 10.2. The van der Waals surface area contributed by atoms with Gasteiger partial charge in [-0.15, -0.1) is 0 Å². The molecule has 0 bridgehead atoms. The lowest BCUT2D eigenvalue weighted by Crippen LogP contribution is -2.31. The van der Waals surface area contributed by atoms with Crippen LogP contribution in [0.25, 0.3) is 0 Å². The third-order valence-electron chi connectivity index (χ3n) is 2.16. The minimum atomic E-state index is -0.281. The molecule has 1 aromatic carbocycles. The van der Waals surface area contributed by atoms with Crippen molar-refractivity contribution in [1.82, 2.24) is 5.32 Å². The zero-order chi connectivity index (χ0) is 12.5. The topological polar surface area (TPSA) is 59.6 Å². The molecular formula is C12H18N2O3. The van der Waals surface area contributed by atoms with Gasteiger partial charge in [-0.25, -0.2) is 4.79 Å². The lowest BCUT2D eigenvalue weighted by molar-refractivity contribution is 0.0650. The minimum absolute atomic E-state index is 0.168. The maximum atomic E-state index is 11.5. The highest BCUT2D eigenvalue weighted by molar-refractivity contribution is 5.89. The Balaban J connectivity index is 2.23. The van der Waals surface area contributed by atoms with Crippen LogP contribution in [0.1, 0.15) is 5.56 Å². The molecule has 2 N–H and O–H groups in total. The van der Waals surface area contributed by atoms with Crippen molar-refractivity contribution in [3.8, 4) is 0 Å². The Morgan fingerprint density at radius 2 is 2.06 bits per heavy atom. The number of carbonyl (C=O) groups is 1. The van der Waals surface area contributed by atoms with E-state index in [1.165, 1.54) is 0 Å². The van der Waals surface area contributed by atoms with Gasteiger partial charge in [-0.2, -0.15) is 0 Å². The van der Waals surface area contributed by atoms with Gasteiger partial charge in [-0.05, 0) is 18.6 Å². The monoisotopic (exact) mass is 238 g/mol. The van der Waals surface area contributed by atoms with Gasteiger partial charge in [0.25, 0.3) is 0 Å². The van der Waals surface area contributed by atoms with Crippen molar-refractivity contribution in [3.63, 3.8) is 0 Å². The fourth-order valence-corrected chi connectivity index (χ4v) is 1.21. The number of urea groups is 1. The molecule has 0 radical (unpaired) electrons. The molecule has 5 nitrogen and oxygen atoms in total. The van der Waals surface area contributed by atoms with Crippen molar-refractivity contribution in [1.29, 1.82) is 0 Å². The normalized spacial score (nSPS) is 10.0. The molecule has 0 aliphatic heterocycles. The fourth-order valence-electron chi connectivity index (χ4n) is 1.21. The van der Waals surface area contributed by atoms with Gasteiger partial charge in [-0.1, -0.05) is 18.2 Å². The summed E-state index contributed by atoms with van der Waals surface area (Å²) in [6.45, 7) is 3.08. The summed E-state index contributed by atoms with van der Waals surface area (Å²) in [7, 11) is 1.60. The summed E-state index contributed by atoms with van der Waals surface area (Å²) in [5, 5.41) is 5.33. The van der Waals surface area contributed by atoms with Crippen molar-refractivity contribution in [2.75, 3.05) is 32.4 Å². The third kappa shape index (κ3) is 5.33. The number of ether oxygens (including phenoxy) is 2. The lowest BCUT2D eigenvalue weighted by atomic mass is 10.2. The molecule has 17 heavy (non-hydrogen) atoms. The van der Waals surface area contributed by atoms with Crippen LogP contribution in [0, 0.1) is 6.92 Å². The summed E-state index contributed by atoms with van der Waals surface area (Å²) in [5.74, 6) is 0. The van der Waals surface area contributed by atoms with E-state index >= 15 is 0 Å². The number of anilines is 1. The SMILES string of the molecule is COCCOCNC(=O)Nc1ccccc1C. The first-order chi connectivity index (χ1) is 8.24. The van der Waals surface area contributed by atoms with Gasteiger partial charge in [0.15, 0.2) is 0 Å². The van der Waals surface area contributed by atoms with Gasteiger partial charge in [-0.3, -0.25) is 0 Å². The Labute approximate surface area is 101 Å². The number of amides is 2. The summed E-state index contributed by atoms with van der Waals surface area (Å²) < 4.78 is 9.92. The van der Waals surface area contributed by atoms with Crippen LogP contribution in [0.2, 0.25) is 0 Å². The lowest BCUT2D eigenvalue weighted by Gasteiger charge is -2.09. The maximum Gasteiger partial charge on any atom is 0.321 e. The molecule has 0 saturated carbocycles. The van der Waals surface area contributed by atoms with Crippen LogP contribution in [0.3, 0.4) is 0 Å². The summed E-state index contributed by atoms with van der Waals surface area (Å²) in [5.41, 5.74) is 1.81. The van der Waals surface area contributed by atoms with Crippen LogP contribution >= 0.6 is 0 Å². The van der Waals surface area contributed by atoms with Crippen molar-refractivity contribution in [2.45, 2.75) is 6.92 Å². The summed E-state index contributed by atoms with van der Waals surface area (Å²) in [6, 6.07) is 7.30. The summed E-state index contributed by atoms with van der Waals surface area (Å²) in [4.78, 5) is 11.5. The highest BCUT2D eigenvalue weighted by atomic mass is 16.5. The molecule has 5 heteroatoms. The second-order valence-electron chi connectivity index (χ2n) is 3.49. The van der Waals surface area contributed by atoms with Crippen LogP contribution in [0.4, 0.5) is 10.5 Å². The Hall–Kier alpha value is -1.59. The predicted molar refractivity (Wildman–Crippen MR) is 66.0 cm³/mol. The van der Waals surface area contributed by atoms with Gasteiger partial charge in [0.1, 0.15) is 6.73 Å². The second kappa shape index (κ2) is 7.65. The van der Waals surface area contributed by atoms with Crippen molar-refractivity contribution in [2.24, 2.45) is 0 Å². The number of hydrogen-bond donors (Lipinski definition) is 2. The molecule has 0 aromatic heterocycles. The number of aryl methyl sites for hydroxylation is 1. The van der Waals surface area contributed by atoms with Gasteiger partial charge < -0.3 is 20.1 Å². The Morgan fingerprint density at radius 3 is 2.76 bits per heavy atom. The van der Waals surface area contributed by atoms with Crippen molar-refractivity contribution >= 4 is 11.7 Å². The van der Waals surface area contributed by atoms with E-state index in [-0.39, 0.29) is 12.8 Å². The molecule has 2 amide bonds. The largest absolute Gasteiger partial charge is 0.382 e. The van der Waals surface area contributed by atoms with Crippen LogP contribution in [-0.4, -0.2) is 33.1 Å². The number of para-hydroxylation sites is 1. The number of rotatable bonds is 6. The molecule has 1 aromatic rings. The third-order valence-corrected chi connectivity index (χ3v) is 2.16. The van der Waals surface area contributed by atoms with Crippen LogP contribution in [0.5, 0.6) is 0 Å². The number of carbonyl (C=O) groups excluding carboxylic acids is 1. The fraction of sp³-hybridized carbons (Fsp3) is 0.417. The standard InChI is InChI=1S/C12H18N2O3/c1-10-5-3-4-6-11(10)14-12(15)13-9-17-8-7-16-2/h3-6H,7-9H2,1-2H3,(H2,13,14,15). The molecule has 1 rings (SSSR count).